The second-order valence-electron chi connectivity index (χ2n) is 5.68. The van der Waals surface area contributed by atoms with Gasteiger partial charge in [-0.25, -0.2) is 4.79 Å². The minimum absolute atomic E-state index is 0.0363. The fourth-order valence-corrected chi connectivity index (χ4v) is 3.42. The Morgan fingerprint density at radius 3 is 2.54 bits per heavy atom. The van der Waals surface area contributed by atoms with E-state index in [4.69, 9.17) is 27.9 Å². The molecule has 1 aliphatic heterocycles. The van der Waals surface area contributed by atoms with Crippen molar-refractivity contribution >= 4 is 40.8 Å². The Balaban J connectivity index is 1.68. The summed E-state index contributed by atoms with van der Waals surface area (Å²) < 4.78 is 5.13. The van der Waals surface area contributed by atoms with E-state index in [9.17, 15) is 9.59 Å². The molecule has 4 nitrogen and oxygen atoms in total. The number of nitrogens with zero attached hydrogens (tertiary/aromatic N) is 1. The monoisotopic (exact) mass is 363 g/mol. The molecule has 0 bridgehead atoms. The fraction of sp³-hybridized carbons (Fsp3) is 0.222. The van der Waals surface area contributed by atoms with E-state index in [2.05, 4.69) is 0 Å². The van der Waals surface area contributed by atoms with Crippen molar-refractivity contribution in [3.63, 3.8) is 0 Å². The van der Waals surface area contributed by atoms with Crippen molar-refractivity contribution in [2.45, 2.75) is 19.4 Å². The van der Waals surface area contributed by atoms with Crippen LogP contribution < -0.4 is 4.90 Å². The van der Waals surface area contributed by atoms with Gasteiger partial charge < -0.3 is 9.64 Å². The smallest absolute Gasteiger partial charge is 0.338 e. The summed E-state index contributed by atoms with van der Waals surface area (Å²) >= 11 is 11.7. The van der Waals surface area contributed by atoms with Crippen molar-refractivity contribution in [2.75, 3.05) is 11.5 Å². The van der Waals surface area contributed by atoms with Crippen LogP contribution in [0.3, 0.4) is 0 Å². The first-order chi connectivity index (χ1) is 11.5. The number of benzene rings is 2. The van der Waals surface area contributed by atoms with E-state index in [1.165, 1.54) is 18.2 Å². The lowest BCUT2D eigenvalue weighted by atomic mass is 10.1. The van der Waals surface area contributed by atoms with Crippen molar-refractivity contribution in [3.8, 4) is 0 Å². The van der Waals surface area contributed by atoms with Crippen molar-refractivity contribution in [2.24, 2.45) is 0 Å². The van der Waals surface area contributed by atoms with Gasteiger partial charge in [0.15, 0.2) is 6.61 Å². The Kier molecular flexibility index (Phi) is 4.78. The highest BCUT2D eigenvalue weighted by atomic mass is 35.5. The summed E-state index contributed by atoms with van der Waals surface area (Å²) in [5.41, 5.74) is 2.21. The lowest BCUT2D eigenvalue weighted by molar-refractivity contribution is -0.122. The molecular formula is C18H15Cl2NO3. The third kappa shape index (κ3) is 3.40. The zero-order chi connectivity index (χ0) is 17.3. The number of carbonyl (C=O) groups excluding carboxylic acids is 2. The standard InChI is InChI=1S/C18H15Cl2NO3/c1-11-6-12-4-2-3-5-16(12)21(11)17(22)10-24-18(23)13-7-14(19)9-15(20)8-13/h2-5,7-9,11H,6,10H2,1H3. The van der Waals surface area contributed by atoms with Gasteiger partial charge in [-0.15, -0.1) is 0 Å². The van der Waals surface area contributed by atoms with Crippen LogP contribution in [0.2, 0.25) is 10.0 Å². The number of hydrogen-bond donors (Lipinski definition) is 0. The predicted molar refractivity (Wildman–Crippen MR) is 93.8 cm³/mol. The number of anilines is 1. The lowest BCUT2D eigenvalue weighted by Gasteiger charge is -2.22. The quantitative estimate of drug-likeness (QED) is 0.770. The molecule has 0 saturated heterocycles. The van der Waals surface area contributed by atoms with Crippen LogP contribution in [0.25, 0.3) is 0 Å². The zero-order valence-corrected chi connectivity index (χ0v) is 14.5. The van der Waals surface area contributed by atoms with Crippen LogP contribution in [0.5, 0.6) is 0 Å². The van der Waals surface area contributed by atoms with Gasteiger partial charge in [-0.3, -0.25) is 4.79 Å². The first-order valence-corrected chi connectivity index (χ1v) is 8.24. The van der Waals surface area contributed by atoms with Gasteiger partial charge >= 0.3 is 5.97 Å². The number of ether oxygens (including phenoxy) is 1. The number of para-hydroxylation sites is 1. The number of rotatable bonds is 3. The SMILES string of the molecule is CC1Cc2ccccc2N1C(=O)COC(=O)c1cc(Cl)cc(Cl)c1. The molecule has 2 aromatic rings. The summed E-state index contributed by atoms with van der Waals surface area (Å²) in [6, 6.07) is 12.2. The normalized spacial score (nSPS) is 16.0. The maximum absolute atomic E-state index is 12.5. The zero-order valence-electron chi connectivity index (χ0n) is 13.0. The third-order valence-electron chi connectivity index (χ3n) is 3.90. The number of amides is 1. The van der Waals surface area contributed by atoms with Gasteiger partial charge in [-0.2, -0.15) is 0 Å². The van der Waals surface area contributed by atoms with Crippen molar-refractivity contribution in [1.29, 1.82) is 0 Å². The summed E-state index contributed by atoms with van der Waals surface area (Å²) in [4.78, 5) is 26.2. The highest BCUT2D eigenvalue weighted by Crippen LogP contribution is 2.31. The molecular weight excluding hydrogens is 349 g/mol. The highest BCUT2D eigenvalue weighted by molar-refractivity contribution is 6.35. The lowest BCUT2D eigenvalue weighted by Crippen LogP contribution is -2.38. The van der Waals surface area contributed by atoms with Crippen LogP contribution in [0.4, 0.5) is 5.69 Å². The third-order valence-corrected chi connectivity index (χ3v) is 4.34. The molecule has 0 aromatic heterocycles. The summed E-state index contributed by atoms with van der Waals surface area (Å²) in [6.07, 6.45) is 0.791. The Morgan fingerprint density at radius 1 is 1.17 bits per heavy atom. The number of carbonyl (C=O) groups is 2. The molecule has 0 saturated carbocycles. The van der Waals surface area contributed by atoms with Gasteiger partial charge in [0.2, 0.25) is 0 Å². The molecule has 1 amide bonds. The summed E-state index contributed by atoms with van der Waals surface area (Å²) in [5, 5.41) is 0.672. The number of fused-ring (bicyclic) bond motifs is 1. The maximum atomic E-state index is 12.5. The molecule has 6 heteroatoms. The van der Waals surface area contributed by atoms with E-state index in [0.29, 0.717) is 10.0 Å². The van der Waals surface area contributed by atoms with E-state index < -0.39 is 5.97 Å². The summed E-state index contributed by atoms with van der Waals surface area (Å²) in [6.45, 7) is 1.64. The second-order valence-corrected chi connectivity index (χ2v) is 6.55. The minimum Gasteiger partial charge on any atom is -0.452 e. The van der Waals surface area contributed by atoms with Crippen molar-refractivity contribution in [1.82, 2.24) is 0 Å². The highest BCUT2D eigenvalue weighted by Gasteiger charge is 2.31. The predicted octanol–water partition coefficient (Wildman–Crippen LogP) is 4.13. The van der Waals surface area contributed by atoms with Crippen LogP contribution in [-0.4, -0.2) is 24.5 Å². The van der Waals surface area contributed by atoms with Crippen LogP contribution in [-0.2, 0) is 16.0 Å². The molecule has 0 aliphatic carbocycles. The van der Waals surface area contributed by atoms with E-state index in [-0.39, 0.29) is 24.1 Å². The molecule has 1 aliphatic rings. The molecule has 124 valence electrons. The fourth-order valence-electron chi connectivity index (χ4n) is 2.90. The molecule has 1 atom stereocenters. The second kappa shape index (κ2) is 6.83. The van der Waals surface area contributed by atoms with Crippen molar-refractivity contribution in [3.05, 3.63) is 63.6 Å². The van der Waals surface area contributed by atoms with Gasteiger partial charge in [0.05, 0.1) is 5.56 Å². The van der Waals surface area contributed by atoms with E-state index >= 15 is 0 Å². The average Bonchev–Trinajstić information content (AvgIpc) is 2.87. The number of halogens is 2. The first kappa shape index (κ1) is 16.8. The van der Waals surface area contributed by atoms with Crippen LogP contribution in [0.15, 0.2) is 42.5 Å². The Hall–Kier alpha value is -2.04. The molecule has 0 radical (unpaired) electrons. The summed E-state index contributed by atoms with van der Waals surface area (Å²) in [7, 11) is 0. The maximum Gasteiger partial charge on any atom is 0.338 e. The molecule has 1 unspecified atom stereocenters. The average molecular weight is 364 g/mol. The van der Waals surface area contributed by atoms with Gasteiger partial charge in [-0.1, -0.05) is 41.4 Å². The molecule has 2 aromatic carbocycles. The van der Waals surface area contributed by atoms with Gasteiger partial charge in [0, 0.05) is 21.8 Å². The Labute approximate surface area is 149 Å². The van der Waals surface area contributed by atoms with E-state index in [1.54, 1.807) is 4.90 Å². The number of hydrogen-bond acceptors (Lipinski definition) is 3. The largest absolute Gasteiger partial charge is 0.452 e. The van der Waals surface area contributed by atoms with E-state index in [0.717, 1.165) is 17.7 Å². The summed E-state index contributed by atoms with van der Waals surface area (Å²) in [5.74, 6) is -0.887. The van der Waals surface area contributed by atoms with Gasteiger partial charge in [0.25, 0.3) is 5.91 Å². The molecule has 0 fully saturated rings. The van der Waals surface area contributed by atoms with Crippen LogP contribution in [0, 0.1) is 0 Å². The van der Waals surface area contributed by atoms with Crippen molar-refractivity contribution < 1.29 is 14.3 Å². The Morgan fingerprint density at radius 2 is 1.83 bits per heavy atom. The topological polar surface area (TPSA) is 46.6 Å². The number of esters is 1. The minimum atomic E-state index is -0.632. The van der Waals surface area contributed by atoms with Gasteiger partial charge in [-0.05, 0) is 43.2 Å². The molecule has 0 N–H and O–H groups in total. The van der Waals surface area contributed by atoms with Crippen LogP contribution in [0.1, 0.15) is 22.8 Å². The molecule has 0 spiro atoms. The Bertz CT molecular complexity index is 786. The van der Waals surface area contributed by atoms with E-state index in [1.807, 2.05) is 31.2 Å². The molecule has 3 rings (SSSR count). The first-order valence-electron chi connectivity index (χ1n) is 7.49. The van der Waals surface area contributed by atoms with Gasteiger partial charge in [0.1, 0.15) is 0 Å². The molecule has 1 heterocycles. The molecule has 24 heavy (non-hydrogen) atoms. The van der Waals surface area contributed by atoms with Crippen LogP contribution >= 0.6 is 23.2 Å².